The van der Waals surface area contributed by atoms with Crippen LogP contribution in [0.3, 0.4) is 0 Å². The normalized spacial score (nSPS) is 13.3. The van der Waals surface area contributed by atoms with Crippen LogP contribution in [-0.2, 0) is 0 Å². The predicted molar refractivity (Wildman–Crippen MR) is 57.0 cm³/mol. The molecular formula is C12H19N. The summed E-state index contributed by atoms with van der Waals surface area (Å²) in [5, 5.41) is 0. The van der Waals surface area contributed by atoms with E-state index >= 15 is 0 Å². The molecule has 1 nitrogen and oxygen atoms in total. The minimum absolute atomic E-state index is 0.580. The Labute approximate surface area is 81.2 Å². The van der Waals surface area contributed by atoms with Gasteiger partial charge in [0.25, 0.3) is 0 Å². The van der Waals surface area contributed by atoms with Crippen molar-refractivity contribution in [1.29, 1.82) is 0 Å². The van der Waals surface area contributed by atoms with Gasteiger partial charge in [-0.2, -0.15) is 0 Å². The summed E-state index contributed by atoms with van der Waals surface area (Å²) in [7, 11) is 0. The monoisotopic (exact) mass is 177 g/mol. The molecular weight excluding hydrogens is 158 g/mol. The van der Waals surface area contributed by atoms with Crippen molar-refractivity contribution in [2.24, 2.45) is 0 Å². The fourth-order valence-electron chi connectivity index (χ4n) is 1.30. The third kappa shape index (κ3) is 2.55. The Morgan fingerprint density at radius 3 is 2.31 bits per heavy atom. The van der Waals surface area contributed by atoms with Gasteiger partial charge in [0.2, 0.25) is 0 Å². The van der Waals surface area contributed by atoms with E-state index in [1.165, 1.54) is 17.5 Å². The van der Waals surface area contributed by atoms with Gasteiger partial charge in [-0.1, -0.05) is 33.8 Å². The average molecular weight is 177 g/mol. The highest BCUT2D eigenvalue weighted by Gasteiger charge is 2.05. The fraction of sp³-hybridized carbons (Fsp3) is 0.583. The van der Waals surface area contributed by atoms with Crippen molar-refractivity contribution in [1.82, 2.24) is 4.98 Å². The first-order valence-electron chi connectivity index (χ1n) is 5.10. The quantitative estimate of drug-likeness (QED) is 0.685. The molecule has 0 radical (unpaired) electrons. The van der Waals surface area contributed by atoms with Crippen molar-refractivity contribution in [3.05, 3.63) is 29.6 Å². The zero-order valence-corrected chi connectivity index (χ0v) is 9.04. The van der Waals surface area contributed by atoms with Crippen LogP contribution < -0.4 is 0 Å². The van der Waals surface area contributed by atoms with Crippen LogP contribution in [0.5, 0.6) is 0 Å². The second-order valence-electron chi connectivity index (χ2n) is 4.02. The van der Waals surface area contributed by atoms with Crippen LogP contribution in [0.2, 0.25) is 0 Å². The summed E-state index contributed by atoms with van der Waals surface area (Å²) in [6, 6.07) is 2.28. The van der Waals surface area contributed by atoms with Crippen molar-refractivity contribution in [2.75, 3.05) is 0 Å². The third-order valence-corrected chi connectivity index (χ3v) is 2.63. The number of pyridine rings is 1. The molecule has 0 saturated heterocycles. The van der Waals surface area contributed by atoms with Crippen LogP contribution in [0.15, 0.2) is 18.5 Å². The lowest BCUT2D eigenvalue weighted by Gasteiger charge is -2.11. The van der Waals surface area contributed by atoms with Gasteiger partial charge in [0.15, 0.2) is 0 Å². The lowest BCUT2D eigenvalue weighted by atomic mass is 9.96. The number of nitrogens with zero attached hydrogens (tertiary/aromatic N) is 1. The summed E-state index contributed by atoms with van der Waals surface area (Å²) in [4.78, 5) is 4.27. The Morgan fingerprint density at radius 2 is 1.77 bits per heavy atom. The zero-order chi connectivity index (χ0) is 9.84. The summed E-state index contributed by atoms with van der Waals surface area (Å²) in [5.74, 6) is 1.21. The molecule has 1 heteroatoms. The SMILES string of the molecule is CCC(C)c1cncc(C(C)C)c1. The first kappa shape index (κ1) is 10.2. The van der Waals surface area contributed by atoms with Crippen LogP contribution >= 0.6 is 0 Å². The summed E-state index contributed by atoms with van der Waals surface area (Å²) in [5.41, 5.74) is 2.71. The van der Waals surface area contributed by atoms with Crippen LogP contribution in [0.4, 0.5) is 0 Å². The van der Waals surface area contributed by atoms with Gasteiger partial charge in [0.05, 0.1) is 0 Å². The fourth-order valence-corrected chi connectivity index (χ4v) is 1.30. The molecule has 0 aliphatic rings. The lowest BCUT2D eigenvalue weighted by Crippen LogP contribution is -1.96. The van der Waals surface area contributed by atoms with Gasteiger partial charge >= 0.3 is 0 Å². The standard InChI is InChI=1S/C12H19N/c1-5-10(4)12-6-11(9(2)3)7-13-8-12/h6-10H,5H2,1-4H3. The van der Waals surface area contributed by atoms with Crippen LogP contribution in [0, 0.1) is 0 Å². The molecule has 0 saturated carbocycles. The second kappa shape index (κ2) is 4.40. The van der Waals surface area contributed by atoms with Gasteiger partial charge in [-0.15, -0.1) is 0 Å². The molecule has 1 unspecified atom stereocenters. The maximum atomic E-state index is 4.27. The van der Waals surface area contributed by atoms with Crippen LogP contribution in [0.25, 0.3) is 0 Å². The molecule has 1 heterocycles. The molecule has 0 fully saturated rings. The number of hydrogen-bond acceptors (Lipinski definition) is 1. The Hall–Kier alpha value is -0.850. The largest absolute Gasteiger partial charge is 0.264 e. The minimum atomic E-state index is 0.580. The summed E-state index contributed by atoms with van der Waals surface area (Å²) < 4.78 is 0. The molecule has 72 valence electrons. The molecule has 0 aromatic carbocycles. The van der Waals surface area contributed by atoms with Crippen molar-refractivity contribution in [3.63, 3.8) is 0 Å². The first-order chi connectivity index (χ1) is 6.15. The topological polar surface area (TPSA) is 12.9 Å². The van der Waals surface area contributed by atoms with E-state index in [0.717, 1.165) is 0 Å². The van der Waals surface area contributed by atoms with E-state index in [-0.39, 0.29) is 0 Å². The van der Waals surface area contributed by atoms with Gasteiger partial charge in [-0.05, 0) is 29.4 Å². The molecule has 0 N–H and O–H groups in total. The van der Waals surface area contributed by atoms with E-state index in [9.17, 15) is 0 Å². The molecule has 13 heavy (non-hydrogen) atoms. The summed E-state index contributed by atoms with van der Waals surface area (Å²) in [6.45, 7) is 8.88. The van der Waals surface area contributed by atoms with E-state index in [0.29, 0.717) is 11.8 Å². The third-order valence-electron chi connectivity index (χ3n) is 2.63. The molecule has 1 aromatic heterocycles. The van der Waals surface area contributed by atoms with Gasteiger partial charge in [0, 0.05) is 12.4 Å². The van der Waals surface area contributed by atoms with Crippen molar-refractivity contribution < 1.29 is 0 Å². The first-order valence-corrected chi connectivity index (χ1v) is 5.10. The van der Waals surface area contributed by atoms with Crippen LogP contribution in [-0.4, -0.2) is 4.98 Å². The van der Waals surface area contributed by atoms with E-state index in [2.05, 4.69) is 38.7 Å². The number of hydrogen-bond donors (Lipinski definition) is 0. The van der Waals surface area contributed by atoms with E-state index in [4.69, 9.17) is 0 Å². The lowest BCUT2D eigenvalue weighted by molar-refractivity contribution is 0.723. The van der Waals surface area contributed by atoms with Gasteiger partial charge < -0.3 is 0 Å². The number of aromatic nitrogens is 1. The Bertz CT molecular complexity index is 266. The van der Waals surface area contributed by atoms with Gasteiger partial charge in [0.1, 0.15) is 0 Å². The molecule has 1 atom stereocenters. The molecule has 1 rings (SSSR count). The molecule has 0 spiro atoms. The molecule has 0 aliphatic carbocycles. The van der Waals surface area contributed by atoms with E-state index in [1.807, 2.05) is 12.4 Å². The highest BCUT2D eigenvalue weighted by molar-refractivity contribution is 5.23. The Morgan fingerprint density at radius 1 is 1.15 bits per heavy atom. The van der Waals surface area contributed by atoms with Gasteiger partial charge in [-0.25, -0.2) is 0 Å². The van der Waals surface area contributed by atoms with Crippen molar-refractivity contribution in [2.45, 2.75) is 46.0 Å². The Balaban J connectivity index is 2.91. The smallest absolute Gasteiger partial charge is 0.0302 e. The summed E-state index contributed by atoms with van der Waals surface area (Å²) in [6.07, 6.45) is 5.14. The maximum Gasteiger partial charge on any atom is 0.0302 e. The molecule has 1 aromatic rings. The van der Waals surface area contributed by atoms with Gasteiger partial charge in [-0.3, -0.25) is 4.98 Å². The summed E-state index contributed by atoms with van der Waals surface area (Å²) >= 11 is 0. The van der Waals surface area contributed by atoms with E-state index < -0.39 is 0 Å². The highest BCUT2D eigenvalue weighted by Crippen LogP contribution is 2.21. The Kier molecular flexibility index (Phi) is 3.47. The molecule has 0 bridgehead atoms. The van der Waals surface area contributed by atoms with E-state index in [1.54, 1.807) is 0 Å². The molecule has 0 amide bonds. The zero-order valence-electron chi connectivity index (χ0n) is 9.04. The highest BCUT2D eigenvalue weighted by atomic mass is 14.6. The average Bonchev–Trinajstić information content (AvgIpc) is 2.17. The van der Waals surface area contributed by atoms with Crippen LogP contribution in [0.1, 0.15) is 57.1 Å². The minimum Gasteiger partial charge on any atom is -0.264 e. The number of rotatable bonds is 3. The second-order valence-corrected chi connectivity index (χ2v) is 4.02. The predicted octanol–water partition coefficient (Wildman–Crippen LogP) is 3.72. The van der Waals surface area contributed by atoms with Crippen molar-refractivity contribution >= 4 is 0 Å². The maximum absolute atomic E-state index is 4.27. The van der Waals surface area contributed by atoms with Crippen molar-refractivity contribution in [3.8, 4) is 0 Å². The molecule has 0 aliphatic heterocycles.